The van der Waals surface area contributed by atoms with E-state index in [4.69, 9.17) is 24.4 Å². The summed E-state index contributed by atoms with van der Waals surface area (Å²) in [4.78, 5) is 20.0. The number of aromatic nitrogens is 5. The lowest BCUT2D eigenvalue weighted by Crippen LogP contribution is -2.00. The molecule has 0 aliphatic carbocycles. The first-order valence-corrected chi connectivity index (χ1v) is 21.7. The molecule has 0 spiro atoms. The number of thiazole rings is 1. The minimum absolute atomic E-state index is 0.594. The fourth-order valence-electron chi connectivity index (χ4n) is 7.52. The zero-order valence-electron chi connectivity index (χ0n) is 36.3. The molecule has 63 heavy (non-hydrogen) atoms. The van der Waals surface area contributed by atoms with Crippen LogP contribution in [0.1, 0.15) is 45.2 Å². The molecule has 1 radical (unpaired) electrons. The fourth-order valence-corrected chi connectivity index (χ4v) is 8.47. The van der Waals surface area contributed by atoms with Crippen LogP contribution in [0.3, 0.4) is 0 Å². The van der Waals surface area contributed by atoms with Crippen molar-refractivity contribution < 1.29 is 4.42 Å². The van der Waals surface area contributed by atoms with Gasteiger partial charge in [0.1, 0.15) is 23.8 Å². The molecule has 0 aliphatic heterocycles. The summed E-state index contributed by atoms with van der Waals surface area (Å²) in [6.45, 7) is 23.0. The van der Waals surface area contributed by atoms with E-state index in [-0.39, 0.29) is 0 Å². The second-order valence-electron chi connectivity index (χ2n) is 15.2. The second kappa shape index (κ2) is 18.7. The maximum atomic E-state index is 6.41. The molecule has 8 heteroatoms. The Hall–Kier alpha value is -7.42. The highest BCUT2D eigenvalue weighted by Gasteiger charge is 2.20. The third kappa shape index (κ3) is 8.72. The van der Waals surface area contributed by atoms with Crippen molar-refractivity contribution >= 4 is 52.6 Å². The van der Waals surface area contributed by atoms with Crippen LogP contribution in [0.15, 0.2) is 169 Å². The topological polar surface area (TPSA) is 69.6 Å². The Labute approximate surface area is 374 Å². The first-order chi connectivity index (χ1) is 30.7. The Balaban J connectivity index is 1.17. The minimum atomic E-state index is 0.594. The molecule has 0 saturated carbocycles. The van der Waals surface area contributed by atoms with Crippen molar-refractivity contribution in [1.82, 2.24) is 24.5 Å². The molecule has 0 aliphatic rings. The highest BCUT2D eigenvalue weighted by molar-refractivity contribution is 7.21. The minimum Gasteiger partial charge on any atom is -0.456 e. The number of allylic oxidation sites excluding steroid dienone is 7. The van der Waals surface area contributed by atoms with Crippen molar-refractivity contribution in [2.75, 3.05) is 0 Å². The smallest absolute Gasteiger partial charge is 0.164 e. The van der Waals surface area contributed by atoms with E-state index in [0.29, 0.717) is 17.5 Å². The molecule has 0 unspecified atom stereocenters. The summed E-state index contributed by atoms with van der Waals surface area (Å²) in [5.74, 6) is 5.44. The summed E-state index contributed by atoms with van der Waals surface area (Å²) in [5.41, 5.74) is 13.9. The van der Waals surface area contributed by atoms with E-state index in [1.165, 1.54) is 5.56 Å². The average Bonchev–Trinajstić information content (AvgIpc) is 3.95. The van der Waals surface area contributed by atoms with Gasteiger partial charge in [0, 0.05) is 44.9 Å². The number of hydrogen-bond donors (Lipinski definition) is 0. The van der Waals surface area contributed by atoms with Gasteiger partial charge in [-0.2, -0.15) is 0 Å². The predicted octanol–water partition coefficient (Wildman–Crippen LogP) is 14.5. The quantitative estimate of drug-likeness (QED) is 0.0806. The Morgan fingerprint density at radius 3 is 1.92 bits per heavy atom. The largest absolute Gasteiger partial charge is 0.456 e. The molecule has 0 saturated heterocycles. The number of hydrogen-bond acceptors (Lipinski definition) is 6. The molecule has 307 valence electrons. The van der Waals surface area contributed by atoms with Crippen LogP contribution in [0.25, 0.3) is 84.4 Å². The monoisotopic (exact) mass is 836 g/mol. The van der Waals surface area contributed by atoms with E-state index in [2.05, 4.69) is 113 Å². The van der Waals surface area contributed by atoms with Crippen molar-refractivity contribution in [3.63, 3.8) is 0 Å². The summed E-state index contributed by atoms with van der Waals surface area (Å²) in [7, 11) is 1.99. The average molecular weight is 837 g/mol. The van der Waals surface area contributed by atoms with Gasteiger partial charge in [-0.1, -0.05) is 130 Å². The van der Waals surface area contributed by atoms with Crippen molar-refractivity contribution in [3.05, 3.63) is 210 Å². The molecule has 4 aromatic carbocycles. The van der Waals surface area contributed by atoms with Crippen LogP contribution in [0, 0.1) is 27.7 Å². The van der Waals surface area contributed by atoms with Crippen LogP contribution in [-0.2, 0) is 0 Å². The Morgan fingerprint density at radius 2 is 1.29 bits per heavy atom. The molecular formula is C55H47BN5OS. The van der Waals surface area contributed by atoms with Gasteiger partial charge in [0.25, 0.3) is 0 Å². The van der Waals surface area contributed by atoms with E-state index in [9.17, 15) is 0 Å². The zero-order valence-corrected chi connectivity index (χ0v) is 37.1. The van der Waals surface area contributed by atoms with Crippen LogP contribution >= 0.6 is 11.3 Å². The van der Waals surface area contributed by atoms with Gasteiger partial charge in [0.15, 0.2) is 17.5 Å². The molecule has 8 rings (SSSR count). The van der Waals surface area contributed by atoms with Gasteiger partial charge in [-0.05, 0) is 104 Å². The standard InChI is InChI=1S/C55H47BN5OS/c1-9-11-26-47-36(4)37(5)48(29-27-35(3)45(19-10-2)51-39(7)38(6)49(62-51)31-32-56-8)61(47)44-25-18-24-43(33-44)55-57-46-34-42(28-30-50(46)63-55)54-59-52(40-20-14-12-15-21-40)58-53(60-54)41-22-16-13-17-23-41/h9-34H,1-3H2,4-8H3/b26-11-,29-27-,32-31-,45-19-. The first kappa shape index (κ1) is 42.3. The third-order valence-corrected chi connectivity index (χ3v) is 12.2. The van der Waals surface area contributed by atoms with Gasteiger partial charge in [-0.15, -0.1) is 17.3 Å². The normalized spacial score (nSPS) is 12.0. The van der Waals surface area contributed by atoms with Crippen LogP contribution in [0.4, 0.5) is 0 Å². The lowest BCUT2D eigenvalue weighted by Gasteiger charge is -2.13. The summed E-state index contributed by atoms with van der Waals surface area (Å²) in [5, 5.41) is 0.915. The van der Waals surface area contributed by atoms with Crippen molar-refractivity contribution in [1.29, 1.82) is 0 Å². The van der Waals surface area contributed by atoms with E-state index in [1.807, 2.05) is 99.0 Å². The lowest BCUT2D eigenvalue weighted by atomic mass is 9.82. The molecule has 0 N–H and O–H groups in total. The van der Waals surface area contributed by atoms with Crippen molar-refractivity contribution in [2.24, 2.45) is 0 Å². The molecule has 0 bridgehead atoms. The molecule has 4 aromatic heterocycles. The number of nitrogens with zero attached hydrogens (tertiary/aromatic N) is 5. The SMILES string of the molecule is C=C/C=C\c1c(C)c(C)c(/C=C\C(=C)/C(=C/C=C)c2oc(/C=C\[B]C)c(C)c2C)n1-c1cccc(-c2nc3cc(-c4nc(-c5ccccc5)nc(-c5ccccc5)n4)ccc3s2)c1. The van der Waals surface area contributed by atoms with Crippen LogP contribution in [0.2, 0.25) is 6.82 Å². The zero-order chi connectivity index (χ0) is 44.0. The van der Waals surface area contributed by atoms with Gasteiger partial charge in [0.2, 0.25) is 0 Å². The maximum absolute atomic E-state index is 6.41. The highest BCUT2D eigenvalue weighted by Crippen LogP contribution is 2.37. The van der Waals surface area contributed by atoms with E-state index in [0.717, 1.165) is 93.9 Å². The molecule has 0 amide bonds. The number of rotatable bonds is 14. The summed E-state index contributed by atoms with van der Waals surface area (Å²) in [6.07, 6.45) is 15.8. The summed E-state index contributed by atoms with van der Waals surface area (Å²) in [6, 6.07) is 34.9. The second-order valence-corrected chi connectivity index (χ2v) is 16.2. The molecule has 0 atom stereocenters. The van der Waals surface area contributed by atoms with Crippen LogP contribution < -0.4 is 0 Å². The Morgan fingerprint density at radius 1 is 0.651 bits per heavy atom. The Bertz CT molecular complexity index is 3080. The summed E-state index contributed by atoms with van der Waals surface area (Å²) >= 11 is 1.66. The van der Waals surface area contributed by atoms with Crippen LogP contribution in [0.5, 0.6) is 0 Å². The number of furan rings is 1. The Kier molecular flexibility index (Phi) is 12.5. The lowest BCUT2D eigenvalue weighted by molar-refractivity contribution is 0.540. The maximum Gasteiger partial charge on any atom is 0.164 e. The van der Waals surface area contributed by atoms with Gasteiger partial charge in [-0.25, -0.2) is 19.9 Å². The first-order valence-electron chi connectivity index (χ1n) is 20.8. The molecule has 8 aromatic rings. The van der Waals surface area contributed by atoms with E-state index < -0.39 is 0 Å². The number of fused-ring (bicyclic) bond motifs is 1. The van der Waals surface area contributed by atoms with Crippen molar-refractivity contribution in [3.8, 4) is 50.4 Å². The molecular weight excluding hydrogens is 790 g/mol. The highest BCUT2D eigenvalue weighted by atomic mass is 32.1. The fraction of sp³-hybridized carbons (Fsp3) is 0.0909. The molecule has 4 heterocycles. The predicted molar refractivity (Wildman–Crippen MR) is 268 cm³/mol. The van der Waals surface area contributed by atoms with Crippen LogP contribution in [-0.4, -0.2) is 31.8 Å². The van der Waals surface area contributed by atoms with Crippen molar-refractivity contribution in [2.45, 2.75) is 34.5 Å². The number of benzene rings is 4. The van der Waals surface area contributed by atoms with Gasteiger partial charge in [0.05, 0.1) is 10.2 Å². The summed E-state index contributed by atoms with van der Waals surface area (Å²) < 4.78 is 9.78. The van der Waals surface area contributed by atoms with E-state index in [1.54, 1.807) is 23.5 Å². The van der Waals surface area contributed by atoms with Gasteiger partial charge >= 0.3 is 0 Å². The molecule has 0 fully saturated rings. The molecule has 6 nitrogen and oxygen atoms in total. The van der Waals surface area contributed by atoms with Gasteiger partial charge < -0.3 is 8.98 Å². The third-order valence-electron chi connectivity index (χ3n) is 11.1. The van der Waals surface area contributed by atoms with E-state index >= 15 is 0 Å². The van der Waals surface area contributed by atoms with Gasteiger partial charge in [-0.3, -0.25) is 0 Å².